The van der Waals surface area contributed by atoms with Gasteiger partial charge in [0, 0.05) is 19.2 Å². The van der Waals surface area contributed by atoms with Crippen LogP contribution in [0.25, 0.3) is 0 Å². The van der Waals surface area contributed by atoms with Gasteiger partial charge in [-0.2, -0.15) is 0 Å². The second-order valence-electron chi connectivity index (χ2n) is 6.08. The number of benzene rings is 2. The van der Waals surface area contributed by atoms with Gasteiger partial charge < -0.3 is 4.90 Å². The number of hydrogen-bond donors (Lipinski definition) is 2. The fraction of sp³-hybridized carbons (Fsp3) is 0.105. The number of hydrogen-bond acceptors (Lipinski definition) is 7. The molecule has 2 N–H and O–H groups in total. The molecule has 0 spiro atoms. The SMILES string of the molecule is CN(Cc1ccccc1)c1ncnc(NNC(=O)c2ccc(F)cc2)c1[N+](=O)[O-]. The van der Waals surface area contributed by atoms with E-state index in [1.807, 2.05) is 30.3 Å². The Morgan fingerprint density at radius 2 is 1.83 bits per heavy atom. The number of nitrogens with one attached hydrogen (secondary N) is 2. The van der Waals surface area contributed by atoms with Crippen LogP contribution in [-0.2, 0) is 6.54 Å². The van der Waals surface area contributed by atoms with E-state index in [0.29, 0.717) is 6.54 Å². The van der Waals surface area contributed by atoms with Crippen molar-refractivity contribution in [2.75, 3.05) is 17.4 Å². The van der Waals surface area contributed by atoms with E-state index in [0.717, 1.165) is 24.0 Å². The van der Waals surface area contributed by atoms with Gasteiger partial charge in [-0.05, 0) is 29.8 Å². The van der Waals surface area contributed by atoms with E-state index in [1.165, 1.54) is 12.1 Å². The smallest absolute Gasteiger partial charge is 0.349 e. The van der Waals surface area contributed by atoms with Crippen LogP contribution in [0, 0.1) is 15.9 Å². The van der Waals surface area contributed by atoms with Gasteiger partial charge in [0.1, 0.15) is 12.1 Å². The van der Waals surface area contributed by atoms with Crippen LogP contribution in [-0.4, -0.2) is 27.8 Å². The maximum atomic E-state index is 13.0. The second-order valence-corrected chi connectivity index (χ2v) is 6.08. The maximum absolute atomic E-state index is 13.0. The summed E-state index contributed by atoms with van der Waals surface area (Å²) in [5, 5.41) is 11.7. The van der Waals surface area contributed by atoms with E-state index < -0.39 is 16.6 Å². The van der Waals surface area contributed by atoms with E-state index in [9.17, 15) is 19.3 Å². The van der Waals surface area contributed by atoms with Crippen LogP contribution in [0.2, 0.25) is 0 Å². The quantitative estimate of drug-likeness (QED) is 0.466. The summed E-state index contributed by atoms with van der Waals surface area (Å²) in [5.41, 5.74) is 5.52. The Hall–Kier alpha value is -4.08. The fourth-order valence-corrected chi connectivity index (χ4v) is 2.63. The minimum absolute atomic E-state index is 0.0902. The van der Waals surface area contributed by atoms with Crippen molar-refractivity contribution in [3.63, 3.8) is 0 Å². The summed E-state index contributed by atoms with van der Waals surface area (Å²) in [6.07, 6.45) is 1.16. The lowest BCUT2D eigenvalue weighted by molar-refractivity contribution is -0.383. The minimum Gasteiger partial charge on any atom is -0.349 e. The van der Waals surface area contributed by atoms with Gasteiger partial charge in [-0.1, -0.05) is 30.3 Å². The summed E-state index contributed by atoms with van der Waals surface area (Å²) >= 11 is 0. The van der Waals surface area contributed by atoms with Crippen LogP contribution in [0.4, 0.5) is 21.7 Å². The summed E-state index contributed by atoms with van der Waals surface area (Å²) in [5.74, 6) is -1.16. The van der Waals surface area contributed by atoms with Crippen molar-refractivity contribution in [3.8, 4) is 0 Å². The highest BCUT2D eigenvalue weighted by atomic mass is 19.1. The van der Waals surface area contributed by atoms with Gasteiger partial charge in [-0.25, -0.2) is 14.4 Å². The van der Waals surface area contributed by atoms with Crippen molar-refractivity contribution in [3.05, 3.63) is 88.0 Å². The third kappa shape index (κ3) is 4.80. The van der Waals surface area contributed by atoms with Crippen molar-refractivity contribution in [1.29, 1.82) is 0 Å². The van der Waals surface area contributed by atoms with E-state index in [1.54, 1.807) is 11.9 Å². The molecule has 0 aliphatic rings. The van der Waals surface area contributed by atoms with E-state index in [4.69, 9.17) is 0 Å². The normalized spacial score (nSPS) is 10.3. The highest BCUT2D eigenvalue weighted by molar-refractivity contribution is 5.95. The fourth-order valence-electron chi connectivity index (χ4n) is 2.63. The monoisotopic (exact) mass is 396 g/mol. The van der Waals surface area contributed by atoms with Gasteiger partial charge in [0.25, 0.3) is 5.91 Å². The number of carbonyl (C=O) groups excluding carboxylic acids is 1. The number of hydrazine groups is 1. The van der Waals surface area contributed by atoms with Crippen LogP contribution in [0.15, 0.2) is 60.9 Å². The van der Waals surface area contributed by atoms with Gasteiger partial charge >= 0.3 is 5.69 Å². The van der Waals surface area contributed by atoms with Crippen molar-refractivity contribution >= 4 is 23.2 Å². The lowest BCUT2D eigenvalue weighted by Crippen LogP contribution is -2.30. The van der Waals surface area contributed by atoms with Gasteiger partial charge in [-0.15, -0.1) is 0 Å². The van der Waals surface area contributed by atoms with E-state index in [2.05, 4.69) is 20.8 Å². The molecule has 0 bridgehead atoms. The Bertz CT molecular complexity index is 1010. The van der Waals surface area contributed by atoms with Gasteiger partial charge in [0.15, 0.2) is 0 Å². The highest BCUT2D eigenvalue weighted by Crippen LogP contribution is 2.31. The summed E-state index contributed by atoms with van der Waals surface area (Å²) in [6.45, 7) is 0.389. The first-order valence-corrected chi connectivity index (χ1v) is 8.52. The zero-order valence-corrected chi connectivity index (χ0v) is 15.4. The molecule has 0 saturated carbocycles. The van der Waals surface area contributed by atoms with Gasteiger partial charge in [0.05, 0.1) is 4.92 Å². The molecule has 10 heteroatoms. The summed E-state index contributed by atoms with van der Waals surface area (Å²) in [6, 6.07) is 14.3. The van der Waals surface area contributed by atoms with Crippen LogP contribution in [0.5, 0.6) is 0 Å². The molecule has 1 heterocycles. The third-order valence-electron chi connectivity index (χ3n) is 4.01. The molecule has 9 nitrogen and oxygen atoms in total. The van der Waals surface area contributed by atoms with Crippen molar-refractivity contribution in [2.24, 2.45) is 0 Å². The topological polar surface area (TPSA) is 113 Å². The zero-order chi connectivity index (χ0) is 20.8. The van der Waals surface area contributed by atoms with Gasteiger partial charge in [-0.3, -0.25) is 25.8 Å². The number of halogens is 1. The average Bonchev–Trinajstić information content (AvgIpc) is 2.72. The number of aromatic nitrogens is 2. The molecule has 0 saturated heterocycles. The maximum Gasteiger partial charge on any atom is 0.355 e. The molecular formula is C19H17FN6O3. The predicted molar refractivity (Wildman–Crippen MR) is 105 cm³/mol. The number of carbonyl (C=O) groups is 1. The predicted octanol–water partition coefficient (Wildman–Crippen LogP) is 2.92. The standard InChI is InChI=1S/C19H17FN6O3/c1-25(11-13-5-3-2-4-6-13)18-16(26(28)29)17(21-12-22-18)23-24-19(27)14-7-9-15(20)10-8-14/h2-10,12H,11H2,1H3,(H,24,27)(H,21,22,23). The molecule has 0 aliphatic carbocycles. The van der Waals surface area contributed by atoms with Crippen LogP contribution < -0.4 is 15.8 Å². The molecular weight excluding hydrogens is 379 g/mol. The Kier molecular flexibility index (Phi) is 5.93. The van der Waals surface area contributed by atoms with Crippen LogP contribution >= 0.6 is 0 Å². The van der Waals surface area contributed by atoms with Crippen molar-refractivity contribution in [1.82, 2.24) is 15.4 Å². The summed E-state index contributed by atoms with van der Waals surface area (Å²) < 4.78 is 13.0. The Balaban J connectivity index is 1.80. The molecule has 0 atom stereocenters. The van der Waals surface area contributed by atoms with Crippen LogP contribution in [0.3, 0.4) is 0 Å². The Morgan fingerprint density at radius 1 is 1.14 bits per heavy atom. The molecule has 1 aromatic heterocycles. The van der Waals surface area contributed by atoms with E-state index in [-0.39, 0.29) is 22.9 Å². The summed E-state index contributed by atoms with van der Waals surface area (Å²) in [7, 11) is 1.67. The lowest BCUT2D eigenvalue weighted by atomic mass is 10.2. The second kappa shape index (κ2) is 8.74. The highest BCUT2D eigenvalue weighted by Gasteiger charge is 2.26. The first kappa shape index (κ1) is 19.7. The molecule has 0 unspecified atom stereocenters. The number of anilines is 2. The van der Waals surface area contributed by atoms with Crippen molar-refractivity contribution in [2.45, 2.75) is 6.54 Å². The van der Waals surface area contributed by atoms with Crippen molar-refractivity contribution < 1.29 is 14.1 Å². The molecule has 148 valence electrons. The third-order valence-corrected chi connectivity index (χ3v) is 4.01. The Labute approximate surface area is 165 Å². The van der Waals surface area contributed by atoms with Crippen LogP contribution in [0.1, 0.15) is 15.9 Å². The first-order chi connectivity index (χ1) is 14.0. The molecule has 1 amide bonds. The number of amides is 1. The molecule has 0 radical (unpaired) electrons. The number of nitro groups is 1. The van der Waals surface area contributed by atoms with E-state index >= 15 is 0 Å². The molecule has 3 rings (SSSR count). The zero-order valence-electron chi connectivity index (χ0n) is 15.4. The number of nitrogens with zero attached hydrogens (tertiary/aromatic N) is 4. The lowest BCUT2D eigenvalue weighted by Gasteiger charge is -2.19. The minimum atomic E-state index is -0.622. The first-order valence-electron chi connectivity index (χ1n) is 8.52. The number of rotatable bonds is 7. The molecule has 3 aromatic rings. The largest absolute Gasteiger partial charge is 0.355 e. The molecule has 29 heavy (non-hydrogen) atoms. The summed E-state index contributed by atoms with van der Waals surface area (Å²) in [4.78, 5) is 32.7. The Morgan fingerprint density at radius 3 is 2.48 bits per heavy atom. The molecule has 0 aliphatic heterocycles. The molecule has 0 fully saturated rings. The van der Waals surface area contributed by atoms with Gasteiger partial charge in [0.2, 0.25) is 11.6 Å². The average molecular weight is 396 g/mol. The molecule has 2 aromatic carbocycles.